The van der Waals surface area contributed by atoms with Gasteiger partial charge in [-0.05, 0) is 36.3 Å². The summed E-state index contributed by atoms with van der Waals surface area (Å²) in [5, 5.41) is 0. The van der Waals surface area contributed by atoms with Gasteiger partial charge in [-0.1, -0.05) is 55.5 Å². The van der Waals surface area contributed by atoms with Crippen LogP contribution in [0.3, 0.4) is 0 Å². The van der Waals surface area contributed by atoms with Crippen molar-refractivity contribution >= 4 is 0 Å². The molecule has 1 aromatic rings. The Morgan fingerprint density at radius 3 is 2.60 bits per heavy atom. The van der Waals surface area contributed by atoms with Crippen LogP contribution in [0.2, 0.25) is 0 Å². The van der Waals surface area contributed by atoms with E-state index in [0.717, 1.165) is 6.42 Å². The van der Waals surface area contributed by atoms with Gasteiger partial charge < -0.3 is 0 Å². The molecule has 0 heterocycles. The van der Waals surface area contributed by atoms with E-state index in [-0.39, 0.29) is 0 Å². The lowest BCUT2D eigenvalue weighted by Crippen LogP contribution is -2.03. The lowest BCUT2D eigenvalue weighted by atomic mass is 9.90. The Bertz CT molecular complexity index is 357. The number of hydrogen-bond donors (Lipinski definition) is 0. The van der Waals surface area contributed by atoms with E-state index < -0.39 is 0 Å². The summed E-state index contributed by atoms with van der Waals surface area (Å²) in [6, 6.07) is 10.7. The fourth-order valence-corrected chi connectivity index (χ4v) is 2.08. The van der Waals surface area contributed by atoms with Gasteiger partial charge in [0.1, 0.15) is 0 Å². The van der Waals surface area contributed by atoms with Crippen molar-refractivity contribution in [2.24, 2.45) is 5.92 Å². The van der Waals surface area contributed by atoms with Gasteiger partial charge in [-0.15, -0.1) is 0 Å². The molecule has 0 nitrogen and oxygen atoms in total. The van der Waals surface area contributed by atoms with Crippen LogP contribution in [0.1, 0.15) is 25.3 Å². The van der Waals surface area contributed by atoms with Crippen molar-refractivity contribution in [1.82, 2.24) is 0 Å². The van der Waals surface area contributed by atoms with E-state index in [1.165, 1.54) is 24.0 Å². The van der Waals surface area contributed by atoms with Crippen LogP contribution in [0.5, 0.6) is 0 Å². The Hall–Kier alpha value is -1.30. The fraction of sp³-hybridized carbons (Fsp3) is 0.333. The van der Waals surface area contributed by atoms with Crippen LogP contribution in [0.15, 0.2) is 54.1 Å². The molecule has 0 spiro atoms. The SMILES string of the molecule is C[C@@H](Cc1ccccc1)C1=CCCC=C1. The first-order valence-corrected chi connectivity index (χ1v) is 5.77. The first-order chi connectivity index (χ1) is 7.36. The van der Waals surface area contributed by atoms with Crippen LogP contribution in [0.4, 0.5) is 0 Å². The molecule has 0 N–H and O–H groups in total. The topological polar surface area (TPSA) is 0 Å². The summed E-state index contributed by atoms with van der Waals surface area (Å²) in [7, 11) is 0. The van der Waals surface area contributed by atoms with Gasteiger partial charge in [0.2, 0.25) is 0 Å². The third-order valence-corrected chi connectivity index (χ3v) is 2.98. The van der Waals surface area contributed by atoms with Crippen molar-refractivity contribution in [3.8, 4) is 0 Å². The Balaban J connectivity index is 2.01. The second-order valence-corrected chi connectivity index (χ2v) is 4.27. The van der Waals surface area contributed by atoms with Crippen LogP contribution in [-0.2, 0) is 6.42 Å². The molecule has 0 aliphatic heterocycles. The molecule has 0 unspecified atom stereocenters. The molecule has 1 aromatic carbocycles. The lowest BCUT2D eigenvalue weighted by Gasteiger charge is -2.15. The molecule has 0 bridgehead atoms. The first-order valence-electron chi connectivity index (χ1n) is 5.77. The van der Waals surface area contributed by atoms with Crippen molar-refractivity contribution in [1.29, 1.82) is 0 Å². The zero-order valence-electron chi connectivity index (χ0n) is 9.32. The summed E-state index contributed by atoms with van der Waals surface area (Å²) in [6.07, 6.45) is 10.5. The van der Waals surface area contributed by atoms with E-state index in [1.807, 2.05) is 0 Å². The maximum absolute atomic E-state index is 2.38. The van der Waals surface area contributed by atoms with E-state index in [4.69, 9.17) is 0 Å². The minimum atomic E-state index is 0.643. The van der Waals surface area contributed by atoms with E-state index in [2.05, 4.69) is 55.5 Å². The van der Waals surface area contributed by atoms with Gasteiger partial charge in [0.05, 0.1) is 0 Å². The van der Waals surface area contributed by atoms with Crippen molar-refractivity contribution in [2.45, 2.75) is 26.2 Å². The Labute approximate surface area is 92.3 Å². The average molecular weight is 198 g/mol. The zero-order valence-corrected chi connectivity index (χ0v) is 9.32. The Morgan fingerprint density at radius 2 is 1.93 bits per heavy atom. The molecule has 0 saturated heterocycles. The molecule has 0 fully saturated rings. The first kappa shape index (κ1) is 10.2. The van der Waals surface area contributed by atoms with Crippen LogP contribution >= 0.6 is 0 Å². The molecule has 0 amide bonds. The van der Waals surface area contributed by atoms with E-state index in [9.17, 15) is 0 Å². The van der Waals surface area contributed by atoms with Crippen molar-refractivity contribution in [3.05, 3.63) is 59.7 Å². The number of benzene rings is 1. The van der Waals surface area contributed by atoms with Gasteiger partial charge in [-0.25, -0.2) is 0 Å². The lowest BCUT2D eigenvalue weighted by molar-refractivity contribution is 0.684. The molecule has 1 aliphatic carbocycles. The smallest absolute Gasteiger partial charge is 0.0153 e. The number of hydrogen-bond acceptors (Lipinski definition) is 0. The molecule has 1 atom stereocenters. The fourth-order valence-electron chi connectivity index (χ4n) is 2.08. The second-order valence-electron chi connectivity index (χ2n) is 4.27. The maximum Gasteiger partial charge on any atom is -0.0153 e. The number of rotatable bonds is 3. The third-order valence-electron chi connectivity index (χ3n) is 2.98. The molecular weight excluding hydrogens is 180 g/mol. The highest BCUT2D eigenvalue weighted by atomic mass is 14.1. The number of allylic oxidation sites excluding steroid dienone is 4. The standard InChI is InChI=1S/C15H18/c1-13(15-10-6-3-7-11-15)12-14-8-4-2-5-9-14/h2,4-6,8-11,13H,3,7,12H2,1H3/t13-/m0/s1. The van der Waals surface area contributed by atoms with Crippen molar-refractivity contribution < 1.29 is 0 Å². The van der Waals surface area contributed by atoms with E-state index >= 15 is 0 Å². The molecule has 2 rings (SSSR count). The van der Waals surface area contributed by atoms with Crippen molar-refractivity contribution in [2.75, 3.05) is 0 Å². The molecule has 15 heavy (non-hydrogen) atoms. The second kappa shape index (κ2) is 4.97. The molecule has 0 heteroatoms. The van der Waals surface area contributed by atoms with Gasteiger partial charge in [-0.2, -0.15) is 0 Å². The van der Waals surface area contributed by atoms with Crippen LogP contribution in [0.25, 0.3) is 0 Å². The summed E-state index contributed by atoms with van der Waals surface area (Å²) in [4.78, 5) is 0. The van der Waals surface area contributed by atoms with E-state index in [0.29, 0.717) is 5.92 Å². The van der Waals surface area contributed by atoms with Crippen LogP contribution in [-0.4, -0.2) is 0 Å². The Morgan fingerprint density at radius 1 is 1.13 bits per heavy atom. The molecule has 0 radical (unpaired) electrons. The van der Waals surface area contributed by atoms with Crippen LogP contribution < -0.4 is 0 Å². The van der Waals surface area contributed by atoms with Gasteiger partial charge in [0.25, 0.3) is 0 Å². The minimum Gasteiger partial charge on any atom is -0.0840 e. The predicted octanol–water partition coefficient (Wildman–Crippen LogP) is 4.14. The maximum atomic E-state index is 2.38. The summed E-state index contributed by atoms with van der Waals surface area (Å²) >= 11 is 0. The third kappa shape index (κ3) is 2.82. The quantitative estimate of drug-likeness (QED) is 0.684. The predicted molar refractivity (Wildman–Crippen MR) is 65.8 cm³/mol. The highest BCUT2D eigenvalue weighted by Gasteiger charge is 2.08. The zero-order chi connectivity index (χ0) is 10.5. The normalized spacial score (nSPS) is 17.3. The average Bonchev–Trinajstić information content (AvgIpc) is 2.31. The summed E-state index contributed by atoms with van der Waals surface area (Å²) in [5.41, 5.74) is 2.94. The van der Waals surface area contributed by atoms with Gasteiger partial charge in [-0.3, -0.25) is 0 Å². The van der Waals surface area contributed by atoms with Gasteiger partial charge in [0, 0.05) is 0 Å². The molecule has 78 valence electrons. The molecule has 0 aromatic heterocycles. The molecule has 1 aliphatic rings. The van der Waals surface area contributed by atoms with Crippen molar-refractivity contribution in [3.63, 3.8) is 0 Å². The van der Waals surface area contributed by atoms with Crippen LogP contribution in [0, 0.1) is 5.92 Å². The summed E-state index contributed by atoms with van der Waals surface area (Å²) < 4.78 is 0. The van der Waals surface area contributed by atoms with Gasteiger partial charge >= 0.3 is 0 Å². The highest BCUT2D eigenvalue weighted by molar-refractivity contribution is 5.27. The molecule has 0 saturated carbocycles. The summed E-state index contributed by atoms with van der Waals surface area (Å²) in [5.74, 6) is 0.643. The minimum absolute atomic E-state index is 0.643. The summed E-state index contributed by atoms with van der Waals surface area (Å²) in [6.45, 7) is 2.31. The van der Waals surface area contributed by atoms with E-state index in [1.54, 1.807) is 0 Å². The highest BCUT2D eigenvalue weighted by Crippen LogP contribution is 2.21. The Kier molecular flexibility index (Phi) is 3.39. The monoisotopic (exact) mass is 198 g/mol. The molecular formula is C15H18. The largest absolute Gasteiger partial charge is 0.0840 e. The van der Waals surface area contributed by atoms with Gasteiger partial charge in [0.15, 0.2) is 0 Å².